The van der Waals surface area contributed by atoms with E-state index in [-0.39, 0.29) is 0 Å². The molecule has 0 unspecified atom stereocenters. The Kier molecular flexibility index (Phi) is 5.55. The van der Waals surface area contributed by atoms with Gasteiger partial charge in [-0.3, -0.25) is 4.98 Å². The number of anilines is 1. The standard InChI is InChI=1S/C11H17BrN2O2/c1-8(2)7-15-3-4-16-11-9(12)5-14-6-10(11)13/h5-6,8H,3-4,7,13H2,1-2H3. The lowest BCUT2D eigenvalue weighted by molar-refractivity contribution is 0.0819. The highest BCUT2D eigenvalue weighted by Crippen LogP contribution is 2.29. The number of rotatable bonds is 6. The molecule has 0 radical (unpaired) electrons. The van der Waals surface area contributed by atoms with Crippen molar-refractivity contribution >= 4 is 21.6 Å². The molecular formula is C11H17BrN2O2. The molecule has 0 fully saturated rings. The SMILES string of the molecule is CC(C)COCCOc1c(N)cncc1Br. The van der Waals surface area contributed by atoms with Crippen LogP contribution < -0.4 is 10.5 Å². The third-order valence-corrected chi connectivity index (χ3v) is 2.37. The van der Waals surface area contributed by atoms with Gasteiger partial charge in [0.2, 0.25) is 0 Å². The lowest BCUT2D eigenvalue weighted by atomic mass is 10.2. The van der Waals surface area contributed by atoms with Crippen LogP contribution >= 0.6 is 15.9 Å². The van der Waals surface area contributed by atoms with E-state index < -0.39 is 0 Å². The van der Waals surface area contributed by atoms with Crippen LogP contribution in [-0.4, -0.2) is 24.8 Å². The Morgan fingerprint density at radius 1 is 1.38 bits per heavy atom. The number of hydrogen-bond donors (Lipinski definition) is 1. The summed E-state index contributed by atoms with van der Waals surface area (Å²) in [6, 6.07) is 0. The van der Waals surface area contributed by atoms with Crippen molar-refractivity contribution in [1.82, 2.24) is 4.98 Å². The highest BCUT2D eigenvalue weighted by molar-refractivity contribution is 9.10. The Labute approximate surface area is 104 Å². The van der Waals surface area contributed by atoms with Crippen LogP contribution in [0.5, 0.6) is 5.75 Å². The van der Waals surface area contributed by atoms with Gasteiger partial charge in [0.05, 0.1) is 23.0 Å². The summed E-state index contributed by atoms with van der Waals surface area (Å²) in [7, 11) is 0. The largest absolute Gasteiger partial charge is 0.488 e. The lowest BCUT2D eigenvalue weighted by Crippen LogP contribution is -2.11. The van der Waals surface area contributed by atoms with Crippen molar-refractivity contribution in [3.8, 4) is 5.75 Å². The summed E-state index contributed by atoms with van der Waals surface area (Å²) in [5, 5.41) is 0. The van der Waals surface area contributed by atoms with Crippen molar-refractivity contribution < 1.29 is 9.47 Å². The summed E-state index contributed by atoms with van der Waals surface area (Å²) in [4.78, 5) is 3.93. The molecule has 1 rings (SSSR count). The van der Waals surface area contributed by atoms with Crippen LogP contribution in [0.1, 0.15) is 13.8 Å². The predicted octanol–water partition coefficient (Wildman–Crippen LogP) is 2.48. The zero-order valence-electron chi connectivity index (χ0n) is 9.57. The van der Waals surface area contributed by atoms with E-state index in [0.29, 0.717) is 30.6 Å². The molecule has 5 heteroatoms. The zero-order valence-corrected chi connectivity index (χ0v) is 11.2. The Bertz CT molecular complexity index is 312. The third-order valence-electron chi connectivity index (χ3n) is 1.81. The summed E-state index contributed by atoms with van der Waals surface area (Å²) >= 11 is 3.33. The second-order valence-electron chi connectivity index (χ2n) is 3.86. The van der Waals surface area contributed by atoms with E-state index in [1.165, 1.54) is 0 Å². The average Bonchev–Trinajstić information content (AvgIpc) is 2.21. The van der Waals surface area contributed by atoms with Gasteiger partial charge in [0.15, 0.2) is 5.75 Å². The number of hydrogen-bond acceptors (Lipinski definition) is 4. The molecule has 1 heterocycles. The summed E-state index contributed by atoms with van der Waals surface area (Å²) < 4.78 is 11.7. The smallest absolute Gasteiger partial charge is 0.159 e. The first-order valence-electron chi connectivity index (χ1n) is 5.20. The summed E-state index contributed by atoms with van der Waals surface area (Å²) in [5.41, 5.74) is 6.25. The van der Waals surface area contributed by atoms with E-state index in [1.54, 1.807) is 12.4 Å². The van der Waals surface area contributed by atoms with Gasteiger partial charge in [0.1, 0.15) is 6.61 Å². The molecule has 0 saturated heterocycles. The second kappa shape index (κ2) is 6.70. The molecule has 0 aliphatic carbocycles. The number of nitrogens with two attached hydrogens (primary N) is 1. The van der Waals surface area contributed by atoms with Crippen LogP contribution in [0.4, 0.5) is 5.69 Å². The van der Waals surface area contributed by atoms with E-state index in [4.69, 9.17) is 15.2 Å². The Balaban J connectivity index is 2.32. The lowest BCUT2D eigenvalue weighted by Gasteiger charge is -2.11. The number of nitrogens with zero attached hydrogens (tertiary/aromatic N) is 1. The molecule has 1 aromatic heterocycles. The monoisotopic (exact) mass is 288 g/mol. The Morgan fingerprint density at radius 3 is 2.75 bits per heavy atom. The normalized spacial score (nSPS) is 10.8. The number of halogens is 1. The van der Waals surface area contributed by atoms with Gasteiger partial charge in [0.25, 0.3) is 0 Å². The minimum atomic E-state index is 0.486. The van der Waals surface area contributed by atoms with Crippen LogP contribution in [0, 0.1) is 5.92 Å². The van der Waals surface area contributed by atoms with Crippen LogP contribution in [0.25, 0.3) is 0 Å². The molecule has 1 aromatic rings. The van der Waals surface area contributed by atoms with Gasteiger partial charge in [-0.2, -0.15) is 0 Å². The second-order valence-corrected chi connectivity index (χ2v) is 4.71. The fraction of sp³-hybridized carbons (Fsp3) is 0.545. The molecule has 0 atom stereocenters. The third kappa shape index (κ3) is 4.37. The van der Waals surface area contributed by atoms with E-state index in [2.05, 4.69) is 34.8 Å². The van der Waals surface area contributed by atoms with Gasteiger partial charge >= 0.3 is 0 Å². The summed E-state index contributed by atoms with van der Waals surface area (Å²) in [5.74, 6) is 1.17. The first kappa shape index (κ1) is 13.3. The Morgan fingerprint density at radius 2 is 2.12 bits per heavy atom. The quantitative estimate of drug-likeness (QED) is 0.817. The molecule has 0 amide bonds. The van der Waals surface area contributed by atoms with Crippen LogP contribution in [-0.2, 0) is 4.74 Å². The van der Waals surface area contributed by atoms with E-state index in [9.17, 15) is 0 Å². The fourth-order valence-corrected chi connectivity index (χ4v) is 1.57. The molecule has 0 aliphatic heterocycles. The number of nitrogen functional groups attached to an aromatic ring is 1. The maximum absolute atomic E-state index is 5.73. The van der Waals surface area contributed by atoms with E-state index >= 15 is 0 Å². The summed E-state index contributed by atoms with van der Waals surface area (Å²) in [6.07, 6.45) is 3.22. The van der Waals surface area contributed by atoms with Crippen molar-refractivity contribution in [1.29, 1.82) is 0 Å². The minimum Gasteiger partial charge on any atom is -0.488 e. The molecule has 16 heavy (non-hydrogen) atoms. The number of ether oxygens (including phenoxy) is 2. The van der Waals surface area contributed by atoms with Gasteiger partial charge in [-0.25, -0.2) is 0 Å². The molecule has 0 aromatic carbocycles. The van der Waals surface area contributed by atoms with Gasteiger partial charge in [-0.1, -0.05) is 13.8 Å². The predicted molar refractivity (Wildman–Crippen MR) is 67.5 cm³/mol. The molecule has 0 saturated carbocycles. The van der Waals surface area contributed by atoms with E-state index in [1.807, 2.05) is 0 Å². The van der Waals surface area contributed by atoms with Crippen LogP contribution in [0.2, 0.25) is 0 Å². The van der Waals surface area contributed by atoms with Gasteiger partial charge in [0, 0.05) is 12.8 Å². The molecule has 0 bridgehead atoms. The first-order valence-corrected chi connectivity index (χ1v) is 6.00. The zero-order chi connectivity index (χ0) is 12.0. The maximum Gasteiger partial charge on any atom is 0.159 e. The molecule has 2 N–H and O–H groups in total. The molecule has 0 spiro atoms. The van der Waals surface area contributed by atoms with Crippen molar-refractivity contribution in [3.63, 3.8) is 0 Å². The highest BCUT2D eigenvalue weighted by atomic mass is 79.9. The number of pyridine rings is 1. The fourth-order valence-electron chi connectivity index (χ4n) is 1.11. The molecule has 4 nitrogen and oxygen atoms in total. The number of aromatic nitrogens is 1. The molecular weight excluding hydrogens is 272 g/mol. The average molecular weight is 289 g/mol. The minimum absolute atomic E-state index is 0.486. The topological polar surface area (TPSA) is 57.4 Å². The van der Waals surface area contributed by atoms with Gasteiger partial charge < -0.3 is 15.2 Å². The first-order chi connectivity index (χ1) is 7.61. The van der Waals surface area contributed by atoms with Crippen LogP contribution in [0.3, 0.4) is 0 Å². The van der Waals surface area contributed by atoms with Crippen molar-refractivity contribution in [2.75, 3.05) is 25.6 Å². The summed E-state index contributed by atoms with van der Waals surface area (Å²) in [6.45, 7) is 6.01. The maximum atomic E-state index is 5.73. The van der Waals surface area contributed by atoms with Crippen molar-refractivity contribution in [2.45, 2.75) is 13.8 Å². The van der Waals surface area contributed by atoms with Crippen molar-refractivity contribution in [3.05, 3.63) is 16.9 Å². The van der Waals surface area contributed by atoms with E-state index in [0.717, 1.165) is 11.1 Å². The van der Waals surface area contributed by atoms with Gasteiger partial charge in [-0.05, 0) is 21.8 Å². The van der Waals surface area contributed by atoms with Crippen LogP contribution in [0.15, 0.2) is 16.9 Å². The van der Waals surface area contributed by atoms with Gasteiger partial charge in [-0.15, -0.1) is 0 Å². The molecule has 90 valence electrons. The highest BCUT2D eigenvalue weighted by Gasteiger charge is 2.05. The molecule has 0 aliphatic rings. The van der Waals surface area contributed by atoms with Crippen molar-refractivity contribution in [2.24, 2.45) is 5.92 Å². The Hall–Kier alpha value is -0.810.